The zero-order valence-electron chi connectivity index (χ0n) is 28.1. The first-order valence-corrected chi connectivity index (χ1v) is 17.3. The van der Waals surface area contributed by atoms with Crippen molar-refractivity contribution in [3.8, 4) is 22.3 Å². The number of rotatable bonds is 8. The van der Waals surface area contributed by atoms with E-state index in [4.69, 9.17) is 4.99 Å². The van der Waals surface area contributed by atoms with Crippen LogP contribution in [-0.4, -0.2) is 6.21 Å². The number of nitrogens with one attached hydrogen (secondary N) is 1. The summed E-state index contributed by atoms with van der Waals surface area (Å²) in [6.45, 7) is 4.71. The molecule has 0 saturated carbocycles. The minimum absolute atomic E-state index is 0.0982. The van der Waals surface area contributed by atoms with E-state index in [9.17, 15) is 0 Å². The smallest absolute Gasteiger partial charge is 0.0999 e. The van der Waals surface area contributed by atoms with Gasteiger partial charge in [-0.3, -0.25) is 4.99 Å². The second-order valence-electron chi connectivity index (χ2n) is 13.5. The highest BCUT2D eigenvalue weighted by atomic mass is 14.9. The van der Waals surface area contributed by atoms with E-state index < -0.39 is 0 Å². The van der Waals surface area contributed by atoms with Gasteiger partial charge >= 0.3 is 0 Å². The van der Waals surface area contributed by atoms with Crippen molar-refractivity contribution in [3.63, 3.8) is 0 Å². The number of anilines is 2. The van der Waals surface area contributed by atoms with E-state index >= 15 is 0 Å². The normalized spacial score (nSPS) is 15.0. The van der Waals surface area contributed by atoms with Crippen LogP contribution in [0.4, 0.5) is 11.4 Å². The van der Waals surface area contributed by atoms with Crippen LogP contribution >= 0.6 is 0 Å². The van der Waals surface area contributed by atoms with Crippen molar-refractivity contribution >= 4 is 23.2 Å². The monoisotopic (exact) mass is 632 g/mol. The average Bonchev–Trinajstić information content (AvgIpc) is 3.40. The Morgan fingerprint density at radius 1 is 0.612 bits per heavy atom. The fourth-order valence-electron chi connectivity index (χ4n) is 7.50. The van der Waals surface area contributed by atoms with Gasteiger partial charge in [-0.2, -0.15) is 0 Å². The molecule has 238 valence electrons. The fraction of sp³-hybridized carbons (Fsp3) is 0.128. The zero-order valence-corrected chi connectivity index (χ0v) is 28.1. The van der Waals surface area contributed by atoms with Crippen LogP contribution in [0.2, 0.25) is 0 Å². The molecule has 0 spiro atoms. The van der Waals surface area contributed by atoms with Gasteiger partial charge in [-0.25, -0.2) is 0 Å². The van der Waals surface area contributed by atoms with E-state index in [0.717, 1.165) is 24.1 Å². The number of hydrogen-bond acceptors (Lipinski definition) is 2. The first-order chi connectivity index (χ1) is 24.1. The quantitative estimate of drug-likeness (QED) is 0.166. The third kappa shape index (κ3) is 5.96. The molecule has 2 heteroatoms. The Morgan fingerprint density at radius 2 is 1.27 bits per heavy atom. The molecule has 2 aliphatic rings. The predicted molar refractivity (Wildman–Crippen MR) is 208 cm³/mol. The summed E-state index contributed by atoms with van der Waals surface area (Å²) in [6, 6.07) is 51.9. The van der Waals surface area contributed by atoms with E-state index in [-0.39, 0.29) is 11.5 Å². The molecular formula is C47H40N2. The summed E-state index contributed by atoms with van der Waals surface area (Å²) in [4.78, 5) is 5.15. The van der Waals surface area contributed by atoms with E-state index in [1.807, 2.05) is 6.21 Å². The molecule has 8 rings (SSSR count). The van der Waals surface area contributed by atoms with Crippen LogP contribution in [0, 0.1) is 0 Å². The largest absolute Gasteiger partial charge is 0.355 e. The standard InChI is InChI=1S/C47H40N2/c1-47(2)43-21-13-12-20-41(43)42-31-30-40(36-16-8-4-9-17-36)46(44(42)47)49-39-28-22-33(23-29-39)32-48-45(37-18-10-5-11-19-37)38-26-24-35(25-27-38)34-14-6-3-7-15-34/h3,5-8,10-32,45,49H,4,9H2,1-2H3. The van der Waals surface area contributed by atoms with Gasteiger partial charge in [-0.15, -0.1) is 0 Å². The Balaban J connectivity index is 1.10. The summed E-state index contributed by atoms with van der Waals surface area (Å²) in [7, 11) is 0. The van der Waals surface area contributed by atoms with E-state index in [2.05, 4.69) is 183 Å². The molecule has 6 aromatic carbocycles. The van der Waals surface area contributed by atoms with Crippen molar-refractivity contribution in [2.75, 3.05) is 5.32 Å². The lowest BCUT2D eigenvalue weighted by atomic mass is 9.80. The van der Waals surface area contributed by atoms with Gasteiger partial charge in [0.15, 0.2) is 0 Å². The lowest BCUT2D eigenvalue weighted by Crippen LogP contribution is -2.17. The first-order valence-electron chi connectivity index (χ1n) is 17.3. The summed E-state index contributed by atoms with van der Waals surface area (Å²) in [5.74, 6) is 0. The second kappa shape index (κ2) is 13.1. The van der Waals surface area contributed by atoms with Crippen molar-refractivity contribution in [1.29, 1.82) is 0 Å². The molecule has 0 saturated heterocycles. The highest BCUT2D eigenvalue weighted by molar-refractivity contribution is 5.94. The predicted octanol–water partition coefficient (Wildman–Crippen LogP) is 12.3. The molecule has 0 aromatic heterocycles. The third-order valence-electron chi connectivity index (χ3n) is 10.0. The Bertz CT molecular complexity index is 2190. The summed E-state index contributed by atoms with van der Waals surface area (Å²) in [5, 5.41) is 3.90. The molecule has 1 N–H and O–H groups in total. The summed E-state index contributed by atoms with van der Waals surface area (Å²) in [5.41, 5.74) is 15.9. The SMILES string of the molecule is CC1(C)c2ccccc2-c2ccc(C3=CCCC=C3)c(Nc3ccc(C=NC(c4ccccc4)c4ccc(-c5ccccc5)cc4)cc3)c21. The molecule has 0 aliphatic heterocycles. The minimum Gasteiger partial charge on any atom is -0.355 e. The Morgan fingerprint density at radius 3 is 2.00 bits per heavy atom. The molecule has 0 bridgehead atoms. The zero-order chi connectivity index (χ0) is 33.2. The Kier molecular flexibility index (Phi) is 8.15. The first kappa shape index (κ1) is 30.6. The van der Waals surface area contributed by atoms with Crippen molar-refractivity contribution in [1.82, 2.24) is 0 Å². The minimum atomic E-state index is -0.123. The number of nitrogens with zero attached hydrogens (tertiary/aromatic N) is 1. The summed E-state index contributed by atoms with van der Waals surface area (Å²) < 4.78 is 0. The summed E-state index contributed by atoms with van der Waals surface area (Å²) in [6.07, 6.45) is 11.1. The molecular weight excluding hydrogens is 593 g/mol. The maximum absolute atomic E-state index is 5.15. The molecule has 49 heavy (non-hydrogen) atoms. The van der Waals surface area contributed by atoms with Crippen molar-refractivity contribution in [2.45, 2.75) is 38.1 Å². The number of fused-ring (bicyclic) bond motifs is 3. The fourth-order valence-corrected chi connectivity index (χ4v) is 7.50. The number of benzene rings is 6. The molecule has 0 radical (unpaired) electrons. The maximum atomic E-state index is 5.15. The van der Waals surface area contributed by atoms with Crippen LogP contribution in [-0.2, 0) is 5.41 Å². The van der Waals surface area contributed by atoms with Gasteiger partial charge < -0.3 is 5.32 Å². The lowest BCUT2D eigenvalue weighted by molar-refractivity contribution is 0.662. The number of hydrogen-bond donors (Lipinski definition) is 1. The van der Waals surface area contributed by atoms with E-state index in [0.29, 0.717) is 0 Å². The topological polar surface area (TPSA) is 24.4 Å². The van der Waals surface area contributed by atoms with Gasteiger partial charge in [0.25, 0.3) is 0 Å². The Labute approximate surface area is 290 Å². The van der Waals surface area contributed by atoms with Crippen LogP contribution in [0.5, 0.6) is 0 Å². The van der Waals surface area contributed by atoms with Gasteiger partial charge in [0.05, 0.1) is 11.7 Å². The van der Waals surface area contributed by atoms with Gasteiger partial charge in [-0.05, 0) is 80.6 Å². The lowest BCUT2D eigenvalue weighted by Gasteiger charge is -2.27. The van der Waals surface area contributed by atoms with Gasteiger partial charge in [0.1, 0.15) is 0 Å². The highest BCUT2D eigenvalue weighted by Gasteiger charge is 2.38. The Hall–Kier alpha value is -5.73. The van der Waals surface area contributed by atoms with Gasteiger partial charge in [0.2, 0.25) is 0 Å². The number of aliphatic imine (C=N–C) groups is 1. The molecule has 1 unspecified atom stereocenters. The van der Waals surface area contributed by atoms with Crippen LogP contribution in [0.3, 0.4) is 0 Å². The maximum Gasteiger partial charge on any atom is 0.0999 e. The molecule has 1 atom stereocenters. The van der Waals surface area contributed by atoms with Gasteiger partial charge in [-0.1, -0.05) is 166 Å². The molecule has 2 nitrogen and oxygen atoms in total. The average molecular weight is 633 g/mol. The van der Waals surface area contributed by atoms with Crippen LogP contribution in [0.15, 0.2) is 169 Å². The van der Waals surface area contributed by atoms with Crippen molar-refractivity contribution < 1.29 is 0 Å². The van der Waals surface area contributed by atoms with Crippen molar-refractivity contribution in [2.24, 2.45) is 4.99 Å². The second-order valence-corrected chi connectivity index (χ2v) is 13.5. The van der Waals surface area contributed by atoms with Crippen LogP contribution in [0.25, 0.3) is 27.8 Å². The molecule has 2 aliphatic carbocycles. The van der Waals surface area contributed by atoms with E-state index in [1.54, 1.807) is 0 Å². The van der Waals surface area contributed by atoms with Crippen molar-refractivity contribution in [3.05, 3.63) is 197 Å². The number of allylic oxidation sites excluding steroid dienone is 4. The summed E-state index contributed by atoms with van der Waals surface area (Å²) >= 11 is 0. The molecule has 0 heterocycles. The van der Waals surface area contributed by atoms with E-state index in [1.165, 1.54) is 61.3 Å². The highest BCUT2D eigenvalue weighted by Crippen LogP contribution is 2.53. The molecule has 0 fully saturated rings. The van der Waals surface area contributed by atoms with Crippen LogP contribution < -0.4 is 5.32 Å². The molecule has 6 aromatic rings. The van der Waals surface area contributed by atoms with Crippen LogP contribution in [0.1, 0.15) is 66.1 Å². The molecule has 0 amide bonds. The third-order valence-corrected chi connectivity index (χ3v) is 10.0. The van der Waals surface area contributed by atoms with Gasteiger partial charge in [0, 0.05) is 22.9 Å².